The molecule has 1 heterocycles. The van der Waals surface area contributed by atoms with Crippen LogP contribution in [0.2, 0.25) is 0 Å². The first kappa shape index (κ1) is 26.1. The van der Waals surface area contributed by atoms with Gasteiger partial charge in [0.1, 0.15) is 17.3 Å². The molecule has 0 bridgehead atoms. The van der Waals surface area contributed by atoms with Crippen LogP contribution in [0.3, 0.4) is 0 Å². The van der Waals surface area contributed by atoms with Crippen molar-refractivity contribution >= 4 is 33.3 Å². The third kappa shape index (κ3) is 4.96. The molecular weight excluding hydrogens is 488 g/mol. The molecule has 0 saturated carbocycles. The van der Waals surface area contributed by atoms with Crippen molar-refractivity contribution in [3.8, 4) is 11.8 Å². The number of ether oxygens (including phenoxy) is 3. The lowest BCUT2D eigenvalue weighted by molar-refractivity contribution is -0.139. The number of allylic oxidation sites excluding steroid dienone is 1. The van der Waals surface area contributed by atoms with Crippen LogP contribution in [0.1, 0.15) is 11.5 Å². The van der Waals surface area contributed by atoms with E-state index in [0.29, 0.717) is 5.56 Å². The van der Waals surface area contributed by atoms with Crippen molar-refractivity contribution in [3.63, 3.8) is 0 Å². The summed E-state index contributed by atoms with van der Waals surface area (Å²) in [7, 11) is -0.0894. The minimum absolute atomic E-state index is 0.0253. The average Bonchev–Trinajstić information content (AvgIpc) is 2.86. The smallest absolute Gasteiger partial charge is 0.355 e. The fourth-order valence-corrected chi connectivity index (χ4v) is 4.46. The lowest BCUT2D eigenvalue weighted by Crippen LogP contribution is -2.40. The van der Waals surface area contributed by atoms with Gasteiger partial charge in [0.25, 0.3) is 0 Å². The van der Waals surface area contributed by atoms with Crippen LogP contribution in [-0.2, 0) is 29.1 Å². The summed E-state index contributed by atoms with van der Waals surface area (Å²) in [6.45, 7) is 0. The second-order valence-corrected chi connectivity index (χ2v) is 9.34. The van der Waals surface area contributed by atoms with Gasteiger partial charge in [-0.15, -0.1) is 0 Å². The van der Waals surface area contributed by atoms with Crippen LogP contribution in [-0.4, -0.2) is 47.9 Å². The highest BCUT2D eigenvalue weighted by molar-refractivity contribution is 7.92. The Labute approximate surface area is 208 Å². The molecular formula is C24H24N4O7S. The first-order valence-corrected chi connectivity index (χ1v) is 12.3. The second kappa shape index (κ2) is 10.4. The van der Waals surface area contributed by atoms with E-state index in [0.717, 1.165) is 25.4 Å². The molecule has 3 N–H and O–H groups in total. The first-order chi connectivity index (χ1) is 17.1. The average molecular weight is 513 g/mol. The number of nitrogens with two attached hydrogens (primary N) is 1. The number of nitriles is 1. The molecule has 1 unspecified atom stereocenters. The van der Waals surface area contributed by atoms with Crippen LogP contribution in [0, 0.1) is 11.3 Å². The Kier molecular flexibility index (Phi) is 7.55. The van der Waals surface area contributed by atoms with Gasteiger partial charge in [-0.1, -0.05) is 30.3 Å². The van der Waals surface area contributed by atoms with E-state index in [9.17, 15) is 23.3 Å². The van der Waals surface area contributed by atoms with Gasteiger partial charge in [0.15, 0.2) is 0 Å². The van der Waals surface area contributed by atoms with Crippen LogP contribution in [0.4, 0.5) is 11.4 Å². The predicted octanol–water partition coefficient (Wildman–Crippen LogP) is 1.96. The second-order valence-electron chi connectivity index (χ2n) is 7.59. The summed E-state index contributed by atoms with van der Waals surface area (Å²) in [5.41, 5.74) is 6.68. The zero-order chi connectivity index (χ0) is 26.6. The maximum atomic E-state index is 13.1. The molecule has 0 saturated heterocycles. The molecule has 2 aromatic rings. The van der Waals surface area contributed by atoms with Gasteiger partial charge in [-0.3, -0.25) is 9.62 Å². The van der Waals surface area contributed by atoms with Crippen LogP contribution < -0.4 is 20.1 Å². The van der Waals surface area contributed by atoms with Gasteiger partial charge < -0.3 is 19.9 Å². The van der Waals surface area contributed by atoms with E-state index in [1.165, 1.54) is 25.3 Å². The molecule has 3 rings (SSSR count). The zero-order valence-electron chi connectivity index (χ0n) is 19.9. The molecule has 0 spiro atoms. The maximum Gasteiger partial charge on any atom is 0.355 e. The van der Waals surface area contributed by atoms with Gasteiger partial charge in [-0.2, -0.15) is 5.26 Å². The van der Waals surface area contributed by atoms with Crippen molar-refractivity contribution < 1.29 is 32.2 Å². The number of hydrogen-bond donors (Lipinski definition) is 2. The Balaban J connectivity index is 2.40. The Morgan fingerprint density at radius 2 is 1.69 bits per heavy atom. The third-order valence-corrected chi connectivity index (χ3v) is 5.94. The highest BCUT2D eigenvalue weighted by Crippen LogP contribution is 2.44. The number of carbonyl (C=O) groups excluding carboxylic acids is 2. The molecule has 0 radical (unpaired) electrons. The van der Waals surface area contributed by atoms with E-state index in [1.807, 2.05) is 6.07 Å². The third-order valence-electron chi connectivity index (χ3n) is 5.35. The summed E-state index contributed by atoms with van der Waals surface area (Å²) in [5.74, 6) is -2.80. The van der Waals surface area contributed by atoms with Crippen molar-refractivity contribution in [2.75, 3.05) is 37.2 Å². The zero-order valence-corrected chi connectivity index (χ0v) is 20.8. The quantitative estimate of drug-likeness (QED) is 0.525. The normalized spacial score (nSPS) is 15.8. The van der Waals surface area contributed by atoms with Gasteiger partial charge in [-0.25, -0.2) is 18.0 Å². The maximum absolute atomic E-state index is 13.1. The van der Waals surface area contributed by atoms with Gasteiger partial charge >= 0.3 is 11.9 Å². The monoisotopic (exact) mass is 512 g/mol. The topological polar surface area (TPSA) is 161 Å². The molecule has 1 aliphatic rings. The van der Waals surface area contributed by atoms with E-state index in [4.69, 9.17) is 19.9 Å². The van der Waals surface area contributed by atoms with E-state index in [2.05, 4.69) is 4.72 Å². The number of methoxy groups -OCH3 is 3. The van der Waals surface area contributed by atoms with Crippen LogP contribution in [0.15, 0.2) is 71.2 Å². The number of esters is 2. The number of nitrogens with zero attached hydrogens (tertiary/aromatic N) is 2. The summed E-state index contributed by atoms with van der Waals surface area (Å²) in [6.07, 6.45) is 0.960. The predicted molar refractivity (Wildman–Crippen MR) is 131 cm³/mol. The summed E-state index contributed by atoms with van der Waals surface area (Å²) >= 11 is 0. The number of rotatable bonds is 7. The number of benzene rings is 2. The van der Waals surface area contributed by atoms with Crippen molar-refractivity contribution in [1.29, 1.82) is 5.26 Å². The molecule has 2 aromatic carbocycles. The lowest BCUT2D eigenvalue weighted by atomic mass is 9.81. The van der Waals surface area contributed by atoms with Crippen molar-refractivity contribution in [3.05, 3.63) is 76.8 Å². The standard InChI is InChI=1S/C24H24N4O7S/c1-33-18-11-10-15(12-17(18)27-36(4,31)32)28-21(24(30)35-3)20(23(29)34-2)19(16(13-25)22(28)26)14-8-6-5-7-9-14/h5-12,19,27H,26H2,1-4H3. The number of sulfonamides is 1. The summed E-state index contributed by atoms with van der Waals surface area (Å²) in [5, 5.41) is 10.1. The van der Waals surface area contributed by atoms with Crippen LogP contribution in [0.5, 0.6) is 5.75 Å². The minimum Gasteiger partial charge on any atom is -0.495 e. The molecule has 12 heteroatoms. The van der Waals surface area contributed by atoms with E-state index < -0.39 is 27.9 Å². The van der Waals surface area contributed by atoms with Crippen LogP contribution >= 0.6 is 0 Å². The van der Waals surface area contributed by atoms with E-state index >= 15 is 0 Å². The van der Waals surface area contributed by atoms with Crippen molar-refractivity contribution in [2.24, 2.45) is 5.73 Å². The number of anilines is 2. The van der Waals surface area contributed by atoms with E-state index in [1.54, 1.807) is 30.3 Å². The fraction of sp³-hybridized carbons (Fsp3) is 0.208. The first-order valence-electron chi connectivity index (χ1n) is 10.4. The van der Waals surface area contributed by atoms with Crippen molar-refractivity contribution in [1.82, 2.24) is 0 Å². The SMILES string of the molecule is COC(=O)C1=C(C(=O)OC)N(c2ccc(OC)c(NS(C)(=O)=O)c2)C(N)=C(C#N)C1c1ccccc1. The van der Waals surface area contributed by atoms with Crippen LogP contribution in [0.25, 0.3) is 0 Å². The van der Waals surface area contributed by atoms with Gasteiger partial charge in [0.2, 0.25) is 10.0 Å². The lowest BCUT2D eigenvalue weighted by Gasteiger charge is -2.36. The molecule has 36 heavy (non-hydrogen) atoms. The molecule has 0 aromatic heterocycles. The highest BCUT2D eigenvalue weighted by Gasteiger charge is 2.43. The summed E-state index contributed by atoms with van der Waals surface area (Å²) in [6, 6.07) is 14.9. The number of hydrogen-bond acceptors (Lipinski definition) is 10. The molecule has 11 nitrogen and oxygen atoms in total. The Morgan fingerprint density at radius 1 is 1.06 bits per heavy atom. The minimum atomic E-state index is -3.72. The van der Waals surface area contributed by atoms with E-state index in [-0.39, 0.29) is 39.8 Å². The van der Waals surface area contributed by atoms with Crippen molar-refractivity contribution in [2.45, 2.75) is 5.92 Å². The molecule has 0 aliphatic carbocycles. The molecule has 188 valence electrons. The summed E-state index contributed by atoms with van der Waals surface area (Å²) in [4.78, 5) is 27.3. The number of nitrogens with one attached hydrogen (secondary N) is 1. The molecule has 1 atom stereocenters. The van der Waals surface area contributed by atoms with Gasteiger partial charge in [-0.05, 0) is 23.8 Å². The molecule has 0 amide bonds. The Bertz CT molecular complexity index is 1410. The molecule has 0 fully saturated rings. The number of carbonyl (C=O) groups is 2. The van der Waals surface area contributed by atoms with Gasteiger partial charge in [0.05, 0.1) is 62.1 Å². The Hall–Kier alpha value is -4.50. The van der Waals surface area contributed by atoms with Gasteiger partial charge in [0, 0.05) is 0 Å². The summed E-state index contributed by atoms with van der Waals surface area (Å²) < 4.78 is 41.4. The highest BCUT2D eigenvalue weighted by atomic mass is 32.2. The fourth-order valence-electron chi connectivity index (χ4n) is 3.90. The Morgan fingerprint density at radius 3 is 2.22 bits per heavy atom. The largest absolute Gasteiger partial charge is 0.495 e. The molecule has 1 aliphatic heterocycles.